The molecule has 1 N–H and O–H groups in total. The van der Waals surface area contributed by atoms with E-state index < -0.39 is 0 Å². The highest BCUT2D eigenvalue weighted by Gasteiger charge is 2.27. The van der Waals surface area contributed by atoms with Crippen LogP contribution in [0.2, 0.25) is 0 Å². The fourth-order valence-electron chi connectivity index (χ4n) is 2.65. The maximum Gasteiger partial charge on any atom is 0.0465 e. The van der Waals surface area contributed by atoms with Crippen molar-refractivity contribution in [2.75, 3.05) is 0 Å². The third kappa shape index (κ3) is 2.16. The second-order valence-corrected chi connectivity index (χ2v) is 7.10. The van der Waals surface area contributed by atoms with Gasteiger partial charge in [-0.25, -0.2) is 0 Å². The molecule has 104 valence electrons. The average Bonchev–Trinajstić information content (AvgIpc) is 2.84. The number of fused-ring (bicyclic) bond motifs is 3. The Hall–Kier alpha value is -1.28. The number of nitrogens with one attached hydrogen (secondary N) is 1. The van der Waals surface area contributed by atoms with Gasteiger partial charge in [-0.15, -0.1) is 0 Å². The van der Waals surface area contributed by atoms with Gasteiger partial charge in [0.2, 0.25) is 0 Å². The maximum absolute atomic E-state index is 3.90. The first-order valence-corrected chi connectivity index (χ1v) is 8.09. The topological polar surface area (TPSA) is 15.8 Å². The van der Waals surface area contributed by atoms with Gasteiger partial charge in [0.1, 0.15) is 0 Å². The predicted octanol–water partition coefficient (Wildman–Crippen LogP) is 6.19. The van der Waals surface area contributed by atoms with Crippen LogP contribution in [-0.4, -0.2) is 4.98 Å². The molecule has 0 amide bonds. The van der Waals surface area contributed by atoms with Crippen LogP contribution < -0.4 is 0 Å². The SMILES string of the molecule is CCC(C)(C)C(Br)c1ccc2[nH]c3ccccc3c2c1. The second-order valence-electron chi connectivity index (χ2n) is 6.18. The number of rotatable bonds is 3. The number of benzene rings is 2. The van der Waals surface area contributed by atoms with Crippen LogP contribution in [0.4, 0.5) is 0 Å². The fraction of sp³-hybridized carbons (Fsp3) is 0.333. The van der Waals surface area contributed by atoms with E-state index in [9.17, 15) is 0 Å². The normalized spacial score (nSPS) is 14.0. The monoisotopic (exact) mass is 329 g/mol. The summed E-state index contributed by atoms with van der Waals surface area (Å²) in [5.41, 5.74) is 4.03. The van der Waals surface area contributed by atoms with Crippen LogP contribution in [0, 0.1) is 5.41 Å². The summed E-state index contributed by atoms with van der Waals surface area (Å²) >= 11 is 3.90. The van der Waals surface area contributed by atoms with Gasteiger partial charge >= 0.3 is 0 Å². The Balaban J connectivity index is 2.17. The summed E-state index contributed by atoms with van der Waals surface area (Å²) in [6.45, 7) is 6.87. The van der Waals surface area contributed by atoms with Crippen molar-refractivity contribution in [1.82, 2.24) is 4.98 Å². The van der Waals surface area contributed by atoms with Crippen molar-refractivity contribution in [3.8, 4) is 0 Å². The first-order valence-electron chi connectivity index (χ1n) is 7.17. The van der Waals surface area contributed by atoms with Crippen molar-refractivity contribution >= 4 is 37.7 Å². The van der Waals surface area contributed by atoms with E-state index >= 15 is 0 Å². The number of H-pyrrole nitrogens is 1. The molecule has 3 aromatic rings. The Kier molecular flexibility index (Phi) is 3.37. The van der Waals surface area contributed by atoms with Crippen molar-refractivity contribution in [2.45, 2.75) is 32.0 Å². The Morgan fingerprint density at radius 2 is 1.75 bits per heavy atom. The summed E-state index contributed by atoms with van der Waals surface area (Å²) in [5, 5.41) is 2.62. The lowest BCUT2D eigenvalue weighted by Gasteiger charge is -2.29. The molecular weight excluding hydrogens is 310 g/mol. The summed E-state index contributed by atoms with van der Waals surface area (Å²) in [6, 6.07) is 15.3. The molecule has 0 saturated carbocycles. The number of halogens is 1. The van der Waals surface area contributed by atoms with Crippen LogP contribution in [0.25, 0.3) is 21.8 Å². The Morgan fingerprint density at radius 1 is 1.05 bits per heavy atom. The third-order valence-electron chi connectivity index (χ3n) is 4.42. The zero-order valence-electron chi connectivity index (χ0n) is 12.2. The van der Waals surface area contributed by atoms with E-state index in [1.54, 1.807) is 0 Å². The second kappa shape index (κ2) is 4.92. The molecule has 2 aromatic carbocycles. The largest absolute Gasteiger partial charge is 0.355 e. The molecule has 1 atom stereocenters. The minimum absolute atomic E-state index is 0.250. The molecule has 0 aliphatic heterocycles. The molecule has 1 aromatic heterocycles. The molecule has 0 aliphatic carbocycles. The number of alkyl halides is 1. The van der Waals surface area contributed by atoms with Gasteiger partial charge in [0, 0.05) is 26.6 Å². The van der Waals surface area contributed by atoms with Crippen LogP contribution in [-0.2, 0) is 0 Å². The molecule has 0 spiro atoms. The number of aromatic amines is 1. The number of para-hydroxylation sites is 1. The van der Waals surface area contributed by atoms with Gasteiger partial charge in [0.25, 0.3) is 0 Å². The van der Waals surface area contributed by atoms with Crippen molar-refractivity contribution in [3.63, 3.8) is 0 Å². The Bertz CT molecular complexity index is 754. The molecule has 0 radical (unpaired) electrons. The van der Waals surface area contributed by atoms with Gasteiger partial charge in [-0.1, -0.05) is 61.0 Å². The summed E-state index contributed by atoms with van der Waals surface area (Å²) in [5.74, 6) is 0. The van der Waals surface area contributed by atoms with Crippen molar-refractivity contribution in [3.05, 3.63) is 48.0 Å². The summed E-state index contributed by atoms with van der Waals surface area (Å²) in [6.07, 6.45) is 1.15. The molecule has 0 fully saturated rings. The van der Waals surface area contributed by atoms with E-state index in [0.717, 1.165) is 6.42 Å². The zero-order chi connectivity index (χ0) is 14.3. The molecule has 20 heavy (non-hydrogen) atoms. The molecule has 0 aliphatic rings. The smallest absolute Gasteiger partial charge is 0.0465 e. The average molecular weight is 330 g/mol. The molecule has 2 heteroatoms. The Labute approximate surface area is 128 Å². The number of hydrogen-bond donors (Lipinski definition) is 1. The van der Waals surface area contributed by atoms with Crippen LogP contribution >= 0.6 is 15.9 Å². The van der Waals surface area contributed by atoms with Gasteiger partial charge in [0.15, 0.2) is 0 Å². The summed E-state index contributed by atoms with van der Waals surface area (Å²) < 4.78 is 0. The summed E-state index contributed by atoms with van der Waals surface area (Å²) in [4.78, 5) is 3.85. The van der Waals surface area contributed by atoms with Gasteiger partial charge in [0.05, 0.1) is 0 Å². The van der Waals surface area contributed by atoms with Crippen molar-refractivity contribution < 1.29 is 0 Å². The van der Waals surface area contributed by atoms with E-state index in [4.69, 9.17) is 0 Å². The molecule has 1 unspecified atom stereocenters. The fourth-order valence-corrected chi connectivity index (χ4v) is 3.26. The van der Waals surface area contributed by atoms with E-state index in [1.807, 2.05) is 0 Å². The highest BCUT2D eigenvalue weighted by molar-refractivity contribution is 9.09. The summed E-state index contributed by atoms with van der Waals surface area (Å²) in [7, 11) is 0. The number of hydrogen-bond acceptors (Lipinski definition) is 0. The first kappa shape index (κ1) is 13.7. The standard InChI is InChI=1S/C18H20BrN/c1-4-18(2,3)17(19)12-9-10-16-14(11-12)13-7-5-6-8-15(13)20-16/h5-11,17,20H,4H2,1-3H3. The molecular formula is C18H20BrN. The predicted molar refractivity (Wildman–Crippen MR) is 91.5 cm³/mol. The van der Waals surface area contributed by atoms with Crippen molar-refractivity contribution in [2.24, 2.45) is 5.41 Å². The van der Waals surface area contributed by atoms with E-state index in [2.05, 4.69) is 84.1 Å². The maximum atomic E-state index is 3.90. The minimum atomic E-state index is 0.250. The van der Waals surface area contributed by atoms with E-state index in [0.29, 0.717) is 4.83 Å². The van der Waals surface area contributed by atoms with Gasteiger partial charge in [-0.3, -0.25) is 0 Å². The lowest BCUT2D eigenvalue weighted by atomic mass is 9.83. The zero-order valence-corrected chi connectivity index (χ0v) is 13.8. The van der Waals surface area contributed by atoms with E-state index in [-0.39, 0.29) is 5.41 Å². The first-order chi connectivity index (χ1) is 9.53. The Morgan fingerprint density at radius 3 is 2.50 bits per heavy atom. The van der Waals surface area contributed by atoms with Gasteiger partial charge in [-0.05, 0) is 35.6 Å². The van der Waals surface area contributed by atoms with E-state index in [1.165, 1.54) is 27.4 Å². The van der Waals surface area contributed by atoms with Crippen LogP contribution in [0.3, 0.4) is 0 Å². The highest BCUT2D eigenvalue weighted by Crippen LogP contribution is 2.43. The molecule has 3 rings (SSSR count). The minimum Gasteiger partial charge on any atom is -0.355 e. The van der Waals surface area contributed by atoms with Crippen LogP contribution in [0.15, 0.2) is 42.5 Å². The molecule has 1 heterocycles. The number of aromatic nitrogens is 1. The lowest BCUT2D eigenvalue weighted by Crippen LogP contribution is -2.16. The van der Waals surface area contributed by atoms with Gasteiger partial charge in [-0.2, -0.15) is 0 Å². The van der Waals surface area contributed by atoms with Crippen molar-refractivity contribution in [1.29, 1.82) is 0 Å². The highest BCUT2D eigenvalue weighted by atomic mass is 79.9. The molecule has 0 saturated heterocycles. The third-order valence-corrected chi connectivity index (χ3v) is 6.19. The van der Waals surface area contributed by atoms with Gasteiger partial charge < -0.3 is 4.98 Å². The quantitative estimate of drug-likeness (QED) is 0.551. The van der Waals surface area contributed by atoms with Crippen LogP contribution in [0.1, 0.15) is 37.6 Å². The lowest BCUT2D eigenvalue weighted by molar-refractivity contribution is 0.346. The van der Waals surface area contributed by atoms with Crippen LogP contribution in [0.5, 0.6) is 0 Å². The molecule has 1 nitrogen and oxygen atoms in total. The molecule has 0 bridgehead atoms.